The van der Waals surface area contributed by atoms with Crippen LogP contribution in [-0.4, -0.2) is 39.3 Å². The Balaban J connectivity index is 1.95. The van der Waals surface area contributed by atoms with Gasteiger partial charge in [0.15, 0.2) is 0 Å². The Hall–Kier alpha value is -1.95. The normalized spacial score (nSPS) is 19.8. The summed E-state index contributed by atoms with van der Waals surface area (Å²) in [6, 6.07) is 10.1. The van der Waals surface area contributed by atoms with Crippen molar-refractivity contribution in [3.8, 4) is 5.69 Å². The Morgan fingerprint density at radius 2 is 2.06 bits per heavy atom. The van der Waals surface area contributed by atoms with E-state index in [1.165, 1.54) is 0 Å². The maximum Gasteiger partial charge on any atom is 0.250 e. The van der Waals surface area contributed by atoms with Crippen LogP contribution in [0.1, 0.15) is 6.42 Å². The molecule has 1 saturated heterocycles. The van der Waals surface area contributed by atoms with Gasteiger partial charge in [0.25, 0.3) is 0 Å². The van der Waals surface area contributed by atoms with E-state index < -0.39 is 0 Å². The van der Waals surface area contributed by atoms with Crippen molar-refractivity contribution in [2.24, 2.45) is 5.73 Å². The Kier molecular flexibility index (Phi) is 2.49. The lowest BCUT2D eigenvalue weighted by molar-refractivity contribution is 0.745. The molecule has 1 atom stereocenters. The van der Waals surface area contributed by atoms with Crippen LogP contribution in [0.2, 0.25) is 0 Å². The molecule has 6 nitrogen and oxygen atoms in total. The third-order valence-electron chi connectivity index (χ3n) is 2.96. The molecule has 1 unspecified atom stereocenters. The van der Waals surface area contributed by atoms with E-state index in [9.17, 15) is 0 Å². The fourth-order valence-electron chi connectivity index (χ4n) is 2.08. The van der Waals surface area contributed by atoms with Gasteiger partial charge in [0.2, 0.25) is 5.95 Å². The van der Waals surface area contributed by atoms with Gasteiger partial charge in [0, 0.05) is 19.1 Å². The second-order valence-electron chi connectivity index (χ2n) is 4.22. The van der Waals surface area contributed by atoms with Gasteiger partial charge < -0.3 is 10.6 Å². The smallest absolute Gasteiger partial charge is 0.250 e. The molecule has 3 rings (SSSR count). The van der Waals surface area contributed by atoms with Crippen molar-refractivity contribution in [3.05, 3.63) is 30.3 Å². The van der Waals surface area contributed by atoms with Crippen LogP contribution in [0.5, 0.6) is 0 Å². The zero-order valence-electron chi connectivity index (χ0n) is 9.40. The van der Waals surface area contributed by atoms with Crippen LogP contribution in [0.4, 0.5) is 5.95 Å². The number of anilines is 1. The largest absolute Gasteiger partial charge is 0.338 e. The average molecular weight is 230 g/mol. The van der Waals surface area contributed by atoms with Crippen molar-refractivity contribution in [1.29, 1.82) is 0 Å². The summed E-state index contributed by atoms with van der Waals surface area (Å²) in [7, 11) is 0. The summed E-state index contributed by atoms with van der Waals surface area (Å²) in [6.07, 6.45) is 0.988. The molecule has 0 bridgehead atoms. The molecule has 0 amide bonds. The van der Waals surface area contributed by atoms with Gasteiger partial charge in [-0.25, -0.2) is 0 Å². The number of hydrogen-bond donors (Lipinski definition) is 1. The highest BCUT2D eigenvalue weighted by molar-refractivity contribution is 5.41. The summed E-state index contributed by atoms with van der Waals surface area (Å²) in [5.41, 5.74) is 6.87. The van der Waals surface area contributed by atoms with Crippen LogP contribution in [0.3, 0.4) is 0 Å². The molecule has 88 valence electrons. The average Bonchev–Trinajstić information content (AvgIpc) is 2.98. The molecule has 2 heterocycles. The first kappa shape index (κ1) is 10.2. The van der Waals surface area contributed by atoms with Gasteiger partial charge in [-0.3, -0.25) is 0 Å². The topological polar surface area (TPSA) is 72.9 Å². The van der Waals surface area contributed by atoms with Crippen molar-refractivity contribution in [3.63, 3.8) is 0 Å². The molecule has 1 aliphatic heterocycles. The molecule has 0 radical (unpaired) electrons. The summed E-state index contributed by atoms with van der Waals surface area (Å²) >= 11 is 0. The van der Waals surface area contributed by atoms with E-state index in [4.69, 9.17) is 5.73 Å². The SMILES string of the molecule is NC1CCN(c2nnnn2-c2ccccc2)C1. The first-order valence-electron chi connectivity index (χ1n) is 5.69. The van der Waals surface area contributed by atoms with Gasteiger partial charge in [0.1, 0.15) is 0 Å². The number of benzene rings is 1. The Labute approximate surface area is 99.0 Å². The van der Waals surface area contributed by atoms with Gasteiger partial charge in [-0.05, 0) is 29.0 Å². The van der Waals surface area contributed by atoms with Crippen LogP contribution in [0.25, 0.3) is 5.69 Å². The molecule has 0 spiro atoms. The van der Waals surface area contributed by atoms with Gasteiger partial charge in [-0.15, -0.1) is 0 Å². The minimum Gasteiger partial charge on any atom is -0.338 e. The number of para-hydroxylation sites is 1. The number of aromatic nitrogens is 4. The Bertz CT molecular complexity index is 494. The molecule has 1 aliphatic rings. The lowest BCUT2D eigenvalue weighted by Gasteiger charge is -2.16. The highest BCUT2D eigenvalue weighted by atomic mass is 15.6. The fourth-order valence-corrected chi connectivity index (χ4v) is 2.08. The van der Waals surface area contributed by atoms with E-state index in [2.05, 4.69) is 20.4 Å². The molecular weight excluding hydrogens is 216 g/mol. The van der Waals surface area contributed by atoms with E-state index in [-0.39, 0.29) is 6.04 Å². The molecule has 1 fully saturated rings. The number of tetrazole rings is 1. The highest BCUT2D eigenvalue weighted by Crippen LogP contribution is 2.19. The maximum absolute atomic E-state index is 5.90. The van der Waals surface area contributed by atoms with Crippen LogP contribution in [-0.2, 0) is 0 Å². The zero-order valence-corrected chi connectivity index (χ0v) is 9.40. The first-order valence-corrected chi connectivity index (χ1v) is 5.69. The van der Waals surface area contributed by atoms with Gasteiger partial charge in [-0.2, -0.15) is 4.68 Å². The predicted molar refractivity (Wildman–Crippen MR) is 64.0 cm³/mol. The second kappa shape index (κ2) is 4.14. The summed E-state index contributed by atoms with van der Waals surface area (Å²) in [6.45, 7) is 1.72. The molecule has 1 aromatic carbocycles. The molecule has 17 heavy (non-hydrogen) atoms. The first-order chi connectivity index (χ1) is 8.34. The minimum absolute atomic E-state index is 0.218. The van der Waals surface area contributed by atoms with E-state index in [0.29, 0.717) is 0 Å². The van der Waals surface area contributed by atoms with E-state index in [1.54, 1.807) is 4.68 Å². The zero-order chi connectivity index (χ0) is 11.7. The van der Waals surface area contributed by atoms with E-state index in [0.717, 1.165) is 31.1 Å². The fraction of sp³-hybridized carbons (Fsp3) is 0.364. The lowest BCUT2D eigenvalue weighted by Crippen LogP contribution is -2.28. The van der Waals surface area contributed by atoms with Crippen molar-refractivity contribution >= 4 is 5.95 Å². The molecule has 0 aliphatic carbocycles. The molecular formula is C11H14N6. The van der Waals surface area contributed by atoms with Gasteiger partial charge in [-0.1, -0.05) is 23.3 Å². The van der Waals surface area contributed by atoms with Gasteiger partial charge in [0.05, 0.1) is 5.69 Å². The van der Waals surface area contributed by atoms with Crippen molar-refractivity contribution in [2.45, 2.75) is 12.5 Å². The summed E-state index contributed by atoms with van der Waals surface area (Å²) in [4.78, 5) is 2.12. The molecule has 1 aromatic heterocycles. The number of rotatable bonds is 2. The van der Waals surface area contributed by atoms with Crippen LogP contribution in [0, 0.1) is 0 Å². The van der Waals surface area contributed by atoms with Gasteiger partial charge >= 0.3 is 0 Å². The van der Waals surface area contributed by atoms with Crippen molar-refractivity contribution in [1.82, 2.24) is 20.2 Å². The monoisotopic (exact) mass is 230 g/mol. The number of nitrogens with two attached hydrogens (primary N) is 1. The quantitative estimate of drug-likeness (QED) is 0.797. The third-order valence-corrected chi connectivity index (χ3v) is 2.96. The lowest BCUT2D eigenvalue weighted by atomic mass is 10.3. The van der Waals surface area contributed by atoms with E-state index in [1.807, 2.05) is 30.3 Å². The predicted octanol–water partition coefficient (Wildman–Crippen LogP) is 0.200. The van der Waals surface area contributed by atoms with Crippen molar-refractivity contribution < 1.29 is 0 Å². The molecule has 2 aromatic rings. The minimum atomic E-state index is 0.218. The van der Waals surface area contributed by atoms with Crippen LogP contribution >= 0.6 is 0 Å². The summed E-state index contributed by atoms with van der Waals surface area (Å²) in [5.74, 6) is 0.768. The van der Waals surface area contributed by atoms with Crippen LogP contribution in [0.15, 0.2) is 30.3 Å². The summed E-state index contributed by atoms with van der Waals surface area (Å²) < 4.78 is 1.75. The second-order valence-corrected chi connectivity index (χ2v) is 4.22. The Morgan fingerprint density at radius 1 is 1.24 bits per heavy atom. The maximum atomic E-state index is 5.90. The third kappa shape index (κ3) is 1.87. The molecule has 2 N–H and O–H groups in total. The van der Waals surface area contributed by atoms with Crippen LogP contribution < -0.4 is 10.6 Å². The number of hydrogen-bond acceptors (Lipinski definition) is 5. The molecule has 0 saturated carbocycles. The molecule has 6 heteroatoms. The van der Waals surface area contributed by atoms with Crippen molar-refractivity contribution in [2.75, 3.05) is 18.0 Å². The standard InChI is InChI=1S/C11H14N6/c12-9-6-7-16(8-9)11-13-14-15-17(11)10-4-2-1-3-5-10/h1-5,9H,6-8,12H2. The van der Waals surface area contributed by atoms with E-state index >= 15 is 0 Å². The summed E-state index contributed by atoms with van der Waals surface area (Å²) in [5, 5.41) is 11.9. The number of nitrogens with zero attached hydrogens (tertiary/aromatic N) is 5. The highest BCUT2D eigenvalue weighted by Gasteiger charge is 2.24. The Morgan fingerprint density at radius 3 is 2.76 bits per heavy atom.